The molecule has 0 aromatic heterocycles. The third kappa shape index (κ3) is 6.02. The number of aliphatic imine (C=N–C) groups is 1. The highest BCUT2D eigenvalue weighted by Crippen LogP contribution is 2.25. The molecular weight excluding hydrogens is 340 g/mol. The first-order chi connectivity index (χ1) is 13.1. The number of hydrogen-bond acceptors (Lipinski definition) is 3. The Bertz CT molecular complexity index is 803. The zero-order valence-electron chi connectivity index (χ0n) is 16.4. The summed E-state index contributed by atoms with van der Waals surface area (Å²) in [6, 6.07) is 14.1. The molecule has 0 aliphatic heterocycles. The number of rotatable bonds is 7. The number of nitrogens with zero attached hydrogens (tertiary/aromatic N) is 1. The number of guanidine groups is 1. The first-order valence-corrected chi connectivity index (χ1v) is 9.03. The van der Waals surface area contributed by atoms with Crippen LogP contribution in [0.5, 0.6) is 5.75 Å². The summed E-state index contributed by atoms with van der Waals surface area (Å²) in [5.74, 6) is 1.22. The van der Waals surface area contributed by atoms with Crippen molar-refractivity contribution in [1.29, 1.82) is 0 Å². The topological polar surface area (TPSA) is 74.8 Å². The quantitative estimate of drug-likeness (QED) is 0.519. The maximum absolute atomic E-state index is 11.4. The number of ether oxygens (including phenoxy) is 1. The average Bonchev–Trinajstić information content (AvgIpc) is 2.68. The molecule has 6 nitrogen and oxygen atoms in total. The molecule has 0 aliphatic carbocycles. The predicted molar refractivity (Wildman–Crippen MR) is 110 cm³/mol. The number of anilines is 1. The van der Waals surface area contributed by atoms with E-state index >= 15 is 0 Å². The van der Waals surface area contributed by atoms with Gasteiger partial charge in [-0.1, -0.05) is 37.3 Å². The minimum Gasteiger partial charge on any atom is -0.495 e. The molecule has 0 saturated heterocycles. The van der Waals surface area contributed by atoms with Gasteiger partial charge >= 0.3 is 0 Å². The van der Waals surface area contributed by atoms with Crippen LogP contribution >= 0.6 is 0 Å². The Hall–Kier alpha value is -3.02. The molecule has 0 saturated carbocycles. The van der Waals surface area contributed by atoms with E-state index in [2.05, 4.69) is 46.1 Å². The molecule has 1 amide bonds. The zero-order chi connectivity index (χ0) is 19.6. The Labute approximate surface area is 161 Å². The van der Waals surface area contributed by atoms with Gasteiger partial charge in [-0.3, -0.25) is 9.79 Å². The van der Waals surface area contributed by atoms with Crippen LogP contribution in [-0.2, 0) is 24.3 Å². The first kappa shape index (κ1) is 20.3. The summed E-state index contributed by atoms with van der Waals surface area (Å²) in [5, 5.41) is 9.43. The van der Waals surface area contributed by atoms with Gasteiger partial charge in [-0.05, 0) is 35.2 Å². The van der Waals surface area contributed by atoms with E-state index in [0.717, 1.165) is 17.9 Å². The van der Waals surface area contributed by atoms with Gasteiger partial charge < -0.3 is 20.7 Å². The maximum atomic E-state index is 11.4. The smallest absolute Gasteiger partial charge is 0.221 e. The highest BCUT2D eigenvalue weighted by atomic mass is 16.5. The van der Waals surface area contributed by atoms with E-state index in [1.54, 1.807) is 14.2 Å². The normalized spacial score (nSPS) is 11.0. The number of carbonyl (C=O) groups excluding carboxylic acids is 1. The van der Waals surface area contributed by atoms with Crippen molar-refractivity contribution in [3.8, 4) is 5.75 Å². The highest BCUT2D eigenvalue weighted by Gasteiger charge is 2.07. The molecule has 27 heavy (non-hydrogen) atoms. The van der Waals surface area contributed by atoms with Gasteiger partial charge in [0.05, 0.1) is 12.8 Å². The van der Waals surface area contributed by atoms with Gasteiger partial charge in [0.1, 0.15) is 5.75 Å². The number of hydrogen-bond donors (Lipinski definition) is 3. The van der Waals surface area contributed by atoms with Gasteiger partial charge in [-0.2, -0.15) is 0 Å². The van der Waals surface area contributed by atoms with Gasteiger partial charge in [0, 0.05) is 27.1 Å². The van der Waals surface area contributed by atoms with Gasteiger partial charge in [0.15, 0.2) is 5.96 Å². The molecule has 0 radical (unpaired) electrons. The molecule has 2 rings (SSSR count). The van der Waals surface area contributed by atoms with E-state index in [4.69, 9.17) is 4.74 Å². The van der Waals surface area contributed by atoms with Crippen LogP contribution in [-0.4, -0.2) is 26.0 Å². The summed E-state index contributed by atoms with van der Waals surface area (Å²) in [4.78, 5) is 15.6. The zero-order valence-corrected chi connectivity index (χ0v) is 16.4. The van der Waals surface area contributed by atoms with Gasteiger partial charge in [0.25, 0.3) is 0 Å². The van der Waals surface area contributed by atoms with Crippen molar-refractivity contribution in [1.82, 2.24) is 10.6 Å². The van der Waals surface area contributed by atoms with E-state index in [1.165, 1.54) is 18.1 Å². The monoisotopic (exact) mass is 368 g/mol. The van der Waals surface area contributed by atoms with Crippen LogP contribution in [0.3, 0.4) is 0 Å². The molecule has 0 fully saturated rings. The lowest BCUT2D eigenvalue weighted by atomic mass is 10.1. The lowest BCUT2D eigenvalue weighted by molar-refractivity contribution is -0.114. The van der Waals surface area contributed by atoms with Crippen LogP contribution in [0.15, 0.2) is 47.5 Å². The van der Waals surface area contributed by atoms with Gasteiger partial charge in [0.2, 0.25) is 5.91 Å². The molecule has 2 aromatic rings. The Morgan fingerprint density at radius 1 is 1.07 bits per heavy atom. The third-order valence-corrected chi connectivity index (χ3v) is 4.20. The lowest BCUT2D eigenvalue weighted by Gasteiger charge is -2.15. The number of nitrogens with one attached hydrogen (secondary N) is 3. The summed E-state index contributed by atoms with van der Waals surface area (Å²) in [6.07, 6.45) is 1.00. The third-order valence-electron chi connectivity index (χ3n) is 4.20. The molecule has 0 bridgehead atoms. The summed E-state index contributed by atoms with van der Waals surface area (Å²) < 4.78 is 5.29. The van der Waals surface area contributed by atoms with Crippen LogP contribution in [0.2, 0.25) is 0 Å². The Morgan fingerprint density at radius 2 is 1.78 bits per heavy atom. The van der Waals surface area contributed by atoms with E-state index in [1.807, 2.05) is 24.3 Å². The van der Waals surface area contributed by atoms with Crippen molar-refractivity contribution in [3.63, 3.8) is 0 Å². The van der Waals surface area contributed by atoms with Crippen molar-refractivity contribution >= 4 is 17.6 Å². The summed E-state index contributed by atoms with van der Waals surface area (Å²) in [7, 11) is 3.33. The highest BCUT2D eigenvalue weighted by molar-refractivity contribution is 5.90. The molecule has 144 valence electrons. The second-order valence-electron chi connectivity index (χ2n) is 6.12. The van der Waals surface area contributed by atoms with Crippen molar-refractivity contribution < 1.29 is 9.53 Å². The second kappa shape index (κ2) is 10.2. The summed E-state index contributed by atoms with van der Waals surface area (Å²) >= 11 is 0. The Morgan fingerprint density at radius 3 is 2.41 bits per heavy atom. The molecular formula is C21H28N4O2. The number of carbonyl (C=O) groups is 1. The fraction of sp³-hybridized carbons (Fsp3) is 0.333. The molecule has 0 unspecified atom stereocenters. The Balaban J connectivity index is 1.98. The average molecular weight is 368 g/mol. The second-order valence-corrected chi connectivity index (χ2v) is 6.12. The SMILES string of the molecule is CCc1ccccc1CNC(=NC)NCc1ccc(OC)c(NC(C)=O)c1. The Kier molecular flexibility index (Phi) is 7.67. The maximum Gasteiger partial charge on any atom is 0.221 e. The fourth-order valence-electron chi connectivity index (χ4n) is 2.81. The van der Waals surface area contributed by atoms with Crippen molar-refractivity contribution in [3.05, 3.63) is 59.2 Å². The molecule has 0 spiro atoms. The van der Waals surface area contributed by atoms with Crippen LogP contribution < -0.4 is 20.7 Å². The number of benzene rings is 2. The van der Waals surface area contributed by atoms with E-state index in [9.17, 15) is 4.79 Å². The largest absolute Gasteiger partial charge is 0.495 e. The number of methoxy groups -OCH3 is 1. The van der Waals surface area contributed by atoms with Crippen LogP contribution in [0, 0.1) is 0 Å². The molecule has 3 N–H and O–H groups in total. The lowest BCUT2D eigenvalue weighted by Crippen LogP contribution is -2.36. The fourth-order valence-corrected chi connectivity index (χ4v) is 2.81. The minimum atomic E-state index is -0.134. The summed E-state index contributed by atoms with van der Waals surface area (Å²) in [5.41, 5.74) is 4.26. The van der Waals surface area contributed by atoms with Crippen LogP contribution in [0.1, 0.15) is 30.5 Å². The summed E-state index contributed by atoms with van der Waals surface area (Å²) in [6.45, 7) is 4.92. The molecule has 0 atom stereocenters. The standard InChI is InChI=1S/C21H28N4O2/c1-5-17-8-6-7-9-18(17)14-24-21(22-3)23-13-16-10-11-20(27-4)19(12-16)25-15(2)26/h6-12H,5,13-14H2,1-4H3,(H,25,26)(H2,22,23,24). The van der Waals surface area contributed by atoms with Crippen LogP contribution in [0.4, 0.5) is 5.69 Å². The van der Waals surface area contributed by atoms with E-state index < -0.39 is 0 Å². The first-order valence-electron chi connectivity index (χ1n) is 9.03. The molecule has 6 heteroatoms. The van der Waals surface area contributed by atoms with Gasteiger partial charge in [-0.25, -0.2) is 0 Å². The van der Waals surface area contributed by atoms with Crippen LogP contribution in [0.25, 0.3) is 0 Å². The van der Waals surface area contributed by atoms with E-state index in [0.29, 0.717) is 24.5 Å². The van der Waals surface area contributed by atoms with Crippen molar-refractivity contribution in [2.24, 2.45) is 4.99 Å². The molecule has 2 aromatic carbocycles. The van der Waals surface area contributed by atoms with Gasteiger partial charge in [-0.15, -0.1) is 0 Å². The molecule has 0 aliphatic rings. The van der Waals surface area contributed by atoms with Crippen molar-refractivity contribution in [2.45, 2.75) is 33.4 Å². The predicted octanol–water partition coefficient (Wildman–Crippen LogP) is 3.08. The number of amides is 1. The van der Waals surface area contributed by atoms with E-state index in [-0.39, 0.29) is 5.91 Å². The number of aryl methyl sites for hydroxylation is 1. The minimum absolute atomic E-state index is 0.134. The van der Waals surface area contributed by atoms with Crippen molar-refractivity contribution in [2.75, 3.05) is 19.5 Å². The molecule has 0 heterocycles.